The Hall–Kier alpha value is -2.04. The fraction of sp³-hybridized carbons (Fsp3) is 0.467. The number of nitrogens with one attached hydrogen (secondary N) is 3. The molecule has 0 saturated carbocycles. The topological polar surface area (TPSA) is 70.2 Å². The van der Waals surface area contributed by atoms with Crippen LogP contribution in [0.2, 0.25) is 0 Å². The first-order valence-electron chi connectivity index (χ1n) is 7.04. The summed E-state index contributed by atoms with van der Waals surface area (Å²) in [4.78, 5) is 22.7. The van der Waals surface area contributed by atoms with Crippen molar-refractivity contribution in [1.29, 1.82) is 0 Å². The molecule has 0 bridgehead atoms. The molecule has 0 unspecified atom stereocenters. The van der Waals surface area contributed by atoms with Crippen LogP contribution < -0.4 is 16.0 Å². The molecule has 1 aromatic carbocycles. The lowest BCUT2D eigenvalue weighted by atomic mass is 10.1. The van der Waals surface area contributed by atoms with Gasteiger partial charge < -0.3 is 16.0 Å². The van der Waals surface area contributed by atoms with Gasteiger partial charge in [0.2, 0.25) is 5.91 Å². The standard InChI is InChI=1S/C15H23N3O2/c1-2-16-15(20)18-11-6-9-14(19)17-12-10-13-7-4-3-5-8-13/h3-5,7-8H,2,6,9-12H2,1H3,(H,17,19)(H2,16,18,20). The largest absolute Gasteiger partial charge is 0.356 e. The molecule has 0 aliphatic heterocycles. The van der Waals surface area contributed by atoms with Crippen molar-refractivity contribution >= 4 is 11.9 Å². The van der Waals surface area contributed by atoms with E-state index in [1.807, 2.05) is 37.3 Å². The van der Waals surface area contributed by atoms with Crippen LogP contribution in [0.15, 0.2) is 30.3 Å². The molecule has 110 valence electrons. The third kappa shape index (κ3) is 7.41. The molecule has 0 radical (unpaired) electrons. The monoisotopic (exact) mass is 277 g/mol. The van der Waals surface area contributed by atoms with Crippen LogP contribution in [-0.4, -0.2) is 31.6 Å². The van der Waals surface area contributed by atoms with Crippen LogP contribution in [0.1, 0.15) is 25.3 Å². The van der Waals surface area contributed by atoms with Gasteiger partial charge in [0.05, 0.1) is 0 Å². The van der Waals surface area contributed by atoms with Gasteiger partial charge >= 0.3 is 6.03 Å². The van der Waals surface area contributed by atoms with E-state index in [9.17, 15) is 9.59 Å². The van der Waals surface area contributed by atoms with Gasteiger partial charge in [-0.25, -0.2) is 4.79 Å². The highest BCUT2D eigenvalue weighted by atomic mass is 16.2. The molecule has 0 aliphatic carbocycles. The summed E-state index contributed by atoms with van der Waals surface area (Å²) in [7, 11) is 0. The lowest BCUT2D eigenvalue weighted by Crippen LogP contribution is -2.36. The first-order chi connectivity index (χ1) is 9.72. The van der Waals surface area contributed by atoms with E-state index in [0.717, 1.165) is 6.42 Å². The quantitative estimate of drug-likeness (QED) is 0.629. The molecular formula is C15H23N3O2. The molecule has 0 atom stereocenters. The van der Waals surface area contributed by atoms with Crippen molar-refractivity contribution in [3.63, 3.8) is 0 Å². The second-order valence-electron chi connectivity index (χ2n) is 4.48. The van der Waals surface area contributed by atoms with Gasteiger partial charge in [0.15, 0.2) is 0 Å². The molecule has 1 rings (SSSR count). The van der Waals surface area contributed by atoms with Crippen molar-refractivity contribution < 1.29 is 9.59 Å². The summed E-state index contributed by atoms with van der Waals surface area (Å²) in [5.41, 5.74) is 1.21. The predicted octanol–water partition coefficient (Wildman–Crippen LogP) is 1.44. The Balaban J connectivity index is 2.02. The molecule has 0 spiro atoms. The van der Waals surface area contributed by atoms with Gasteiger partial charge in [-0.1, -0.05) is 30.3 Å². The first kappa shape index (κ1) is 16.0. The summed E-state index contributed by atoms with van der Waals surface area (Å²) < 4.78 is 0. The lowest BCUT2D eigenvalue weighted by molar-refractivity contribution is -0.121. The maximum absolute atomic E-state index is 11.6. The van der Waals surface area contributed by atoms with E-state index in [1.54, 1.807) is 0 Å². The zero-order chi connectivity index (χ0) is 14.6. The second-order valence-corrected chi connectivity index (χ2v) is 4.48. The number of carbonyl (C=O) groups is 2. The molecule has 20 heavy (non-hydrogen) atoms. The number of benzene rings is 1. The molecule has 0 aromatic heterocycles. The van der Waals surface area contributed by atoms with Gasteiger partial charge in [-0.2, -0.15) is 0 Å². The molecular weight excluding hydrogens is 254 g/mol. The molecule has 3 N–H and O–H groups in total. The first-order valence-corrected chi connectivity index (χ1v) is 7.04. The van der Waals surface area contributed by atoms with Crippen LogP contribution in [0, 0.1) is 0 Å². The predicted molar refractivity (Wildman–Crippen MR) is 79.5 cm³/mol. The Morgan fingerprint density at radius 2 is 1.75 bits per heavy atom. The minimum absolute atomic E-state index is 0.0265. The van der Waals surface area contributed by atoms with Gasteiger partial charge in [-0.05, 0) is 25.3 Å². The molecule has 5 heteroatoms. The van der Waals surface area contributed by atoms with E-state index in [4.69, 9.17) is 0 Å². The van der Waals surface area contributed by atoms with E-state index in [-0.39, 0.29) is 11.9 Å². The van der Waals surface area contributed by atoms with Crippen LogP contribution >= 0.6 is 0 Å². The Kier molecular flexibility index (Phi) is 7.87. The van der Waals surface area contributed by atoms with Crippen molar-refractivity contribution in [1.82, 2.24) is 16.0 Å². The Bertz CT molecular complexity index is 407. The highest BCUT2D eigenvalue weighted by Crippen LogP contribution is 1.98. The molecule has 0 fully saturated rings. The summed E-state index contributed by atoms with van der Waals surface area (Å²) in [6, 6.07) is 9.86. The molecule has 1 aromatic rings. The van der Waals surface area contributed by atoms with Gasteiger partial charge in [-0.3, -0.25) is 4.79 Å². The number of hydrogen-bond acceptors (Lipinski definition) is 2. The van der Waals surface area contributed by atoms with Crippen molar-refractivity contribution in [2.45, 2.75) is 26.2 Å². The third-order valence-corrected chi connectivity index (χ3v) is 2.78. The molecule has 3 amide bonds. The fourth-order valence-electron chi connectivity index (χ4n) is 1.75. The maximum Gasteiger partial charge on any atom is 0.314 e. The van der Waals surface area contributed by atoms with Gasteiger partial charge in [0.1, 0.15) is 0 Å². The number of amides is 3. The normalized spacial score (nSPS) is 9.85. The van der Waals surface area contributed by atoms with Gasteiger partial charge in [0.25, 0.3) is 0 Å². The minimum Gasteiger partial charge on any atom is -0.356 e. The van der Waals surface area contributed by atoms with Crippen molar-refractivity contribution in [2.75, 3.05) is 19.6 Å². The Labute approximate surface area is 120 Å². The average molecular weight is 277 g/mol. The summed E-state index contributed by atoms with van der Waals surface area (Å²) in [5, 5.41) is 8.20. The third-order valence-electron chi connectivity index (χ3n) is 2.78. The van der Waals surface area contributed by atoms with Crippen molar-refractivity contribution in [2.24, 2.45) is 0 Å². The summed E-state index contributed by atoms with van der Waals surface area (Å²) in [6.45, 7) is 3.62. The van der Waals surface area contributed by atoms with E-state index in [2.05, 4.69) is 16.0 Å². The van der Waals surface area contributed by atoms with Crippen molar-refractivity contribution in [3.05, 3.63) is 35.9 Å². The van der Waals surface area contributed by atoms with E-state index < -0.39 is 0 Å². The summed E-state index contributed by atoms with van der Waals surface area (Å²) >= 11 is 0. The van der Waals surface area contributed by atoms with E-state index >= 15 is 0 Å². The highest BCUT2D eigenvalue weighted by Gasteiger charge is 2.02. The number of rotatable bonds is 8. The minimum atomic E-state index is -0.183. The van der Waals surface area contributed by atoms with Gasteiger partial charge in [-0.15, -0.1) is 0 Å². The highest BCUT2D eigenvalue weighted by molar-refractivity contribution is 5.76. The van der Waals surface area contributed by atoms with Crippen LogP contribution in [0.25, 0.3) is 0 Å². The zero-order valence-corrected chi connectivity index (χ0v) is 11.9. The van der Waals surface area contributed by atoms with Crippen molar-refractivity contribution in [3.8, 4) is 0 Å². The molecule has 0 saturated heterocycles. The summed E-state index contributed by atoms with van der Waals surface area (Å²) in [5.74, 6) is 0.0265. The number of carbonyl (C=O) groups excluding carboxylic acids is 2. The van der Waals surface area contributed by atoms with Crippen LogP contribution in [0.3, 0.4) is 0 Å². The maximum atomic E-state index is 11.6. The molecule has 0 aliphatic rings. The average Bonchev–Trinajstić information content (AvgIpc) is 2.45. The van der Waals surface area contributed by atoms with Crippen LogP contribution in [0.4, 0.5) is 4.79 Å². The zero-order valence-electron chi connectivity index (χ0n) is 11.9. The SMILES string of the molecule is CCNC(=O)NCCCC(=O)NCCc1ccccc1. The second kappa shape index (κ2) is 9.83. The van der Waals surface area contributed by atoms with E-state index in [0.29, 0.717) is 32.5 Å². The molecule has 5 nitrogen and oxygen atoms in total. The number of urea groups is 1. The van der Waals surface area contributed by atoms with Crippen LogP contribution in [-0.2, 0) is 11.2 Å². The lowest BCUT2D eigenvalue weighted by Gasteiger charge is -2.07. The fourth-order valence-corrected chi connectivity index (χ4v) is 1.75. The van der Waals surface area contributed by atoms with Crippen LogP contribution in [0.5, 0.6) is 0 Å². The Morgan fingerprint density at radius 1 is 1.00 bits per heavy atom. The summed E-state index contributed by atoms with van der Waals surface area (Å²) in [6.07, 6.45) is 1.92. The Morgan fingerprint density at radius 3 is 2.45 bits per heavy atom. The molecule has 0 heterocycles. The smallest absolute Gasteiger partial charge is 0.314 e. The van der Waals surface area contributed by atoms with E-state index in [1.165, 1.54) is 5.56 Å². The van der Waals surface area contributed by atoms with Gasteiger partial charge in [0, 0.05) is 26.1 Å². The number of hydrogen-bond donors (Lipinski definition) is 3.